The van der Waals surface area contributed by atoms with Crippen molar-refractivity contribution in [2.45, 2.75) is 13.3 Å². The quantitative estimate of drug-likeness (QED) is 0.256. The first-order valence-electron chi connectivity index (χ1n) is 12.6. The molecule has 0 atom stereocenters. The summed E-state index contributed by atoms with van der Waals surface area (Å²) in [6.45, 7) is 2.20. The molecule has 0 bridgehead atoms. The molecule has 3 aromatic heterocycles. The second-order valence-corrected chi connectivity index (χ2v) is 8.40. The molecule has 0 amide bonds. The number of carbonyl (C=O) groups excluding carboxylic acids is 1. The molecule has 0 aliphatic heterocycles. The van der Waals surface area contributed by atoms with Crippen LogP contribution < -0.4 is 0 Å². The summed E-state index contributed by atoms with van der Waals surface area (Å²) in [6, 6.07) is 15.5. The Hall–Kier alpha value is -5.37. The van der Waals surface area contributed by atoms with Gasteiger partial charge in [-0.05, 0) is 43.3 Å². The van der Waals surface area contributed by atoms with E-state index < -0.39 is 23.6 Å². The zero-order chi connectivity index (χ0) is 30.1. The first-order valence-corrected chi connectivity index (χ1v) is 12.6. The van der Waals surface area contributed by atoms with Gasteiger partial charge < -0.3 is 14.6 Å². The number of carboxylic acid groups (broad SMARTS) is 1. The third-order valence-electron chi connectivity index (χ3n) is 5.76. The summed E-state index contributed by atoms with van der Waals surface area (Å²) in [4.78, 5) is 27.1. The molecule has 2 aromatic carbocycles. The van der Waals surface area contributed by atoms with Crippen LogP contribution in [0.25, 0.3) is 22.6 Å². The van der Waals surface area contributed by atoms with E-state index in [1.165, 1.54) is 34.7 Å². The number of methoxy groups -OCH3 is 1. The average Bonchev–Trinajstić information content (AvgIpc) is 3.63. The maximum Gasteiger partial charge on any atom is 0.361 e. The molecule has 0 spiro atoms. The number of carboxylic acids is 1. The number of carbonyl (C=O) groups is 2. The van der Waals surface area contributed by atoms with E-state index in [9.17, 15) is 18.4 Å². The number of esters is 1. The lowest BCUT2D eigenvalue weighted by molar-refractivity contribution is 0.0519. The Morgan fingerprint density at radius 1 is 0.857 bits per heavy atom. The number of aromatic carboxylic acids is 1. The van der Waals surface area contributed by atoms with Crippen LogP contribution in [0, 0.1) is 11.6 Å². The Bertz CT molecular complexity index is 1670. The number of ether oxygens (including phenoxy) is 2. The Morgan fingerprint density at radius 2 is 1.43 bits per heavy atom. The van der Waals surface area contributed by atoms with Gasteiger partial charge in [0.05, 0.1) is 18.9 Å². The summed E-state index contributed by atoms with van der Waals surface area (Å²) in [5.74, 6) is -2.78. The van der Waals surface area contributed by atoms with Crippen LogP contribution in [0.1, 0.15) is 33.6 Å². The van der Waals surface area contributed by atoms with Gasteiger partial charge in [-0.2, -0.15) is 0 Å². The van der Waals surface area contributed by atoms with Crippen LogP contribution in [0.15, 0.2) is 73.1 Å². The molecule has 1 N–H and O–H groups in total. The van der Waals surface area contributed by atoms with Crippen LogP contribution in [-0.4, -0.2) is 72.3 Å². The second-order valence-electron chi connectivity index (χ2n) is 8.40. The van der Waals surface area contributed by atoms with Crippen molar-refractivity contribution in [2.75, 3.05) is 20.3 Å². The zero-order valence-electron chi connectivity index (χ0n) is 22.5. The highest BCUT2D eigenvalue weighted by molar-refractivity contribution is 5.94. The first-order chi connectivity index (χ1) is 20.4. The standard InChI is InChI=1S/C16H13FN4O2.C12H12FN3O3/c1-2-23-16(22)14-15(11-7-9-18-10-8-11)21(20-19-14)13-6-4-3-5-12(13)17;1-19-7-6-10-11(12(17)18)14-15-16(10)9-5-3-2-4-8(9)13/h3-10H,2H2,1H3;2-5H,6-7H2,1H3,(H,17,18). The molecule has 5 rings (SSSR count). The van der Waals surface area contributed by atoms with E-state index in [0.717, 1.165) is 0 Å². The second kappa shape index (κ2) is 13.8. The molecule has 0 radical (unpaired) electrons. The number of para-hydroxylation sites is 2. The Balaban J connectivity index is 0.000000197. The van der Waals surface area contributed by atoms with E-state index in [4.69, 9.17) is 14.6 Å². The molecule has 0 saturated heterocycles. The molecule has 3 heterocycles. The maximum absolute atomic E-state index is 14.1. The minimum atomic E-state index is -1.20. The summed E-state index contributed by atoms with van der Waals surface area (Å²) >= 11 is 0. The van der Waals surface area contributed by atoms with Crippen molar-refractivity contribution in [3.8, 4) is 22.6 Å². The molecule has 0 fully saturated rings. The fourth-order valence-electron chi connectivity index (χ4n) is 3.89. The van der Waals surface area contributed by atoms with Crippen molar-refractivity contribution in [1.29, 1.82) is 0 Å². The molecule has 0 aliphatic rings. The number of halogens is 2. The van der Waals surface area contributed by atoms with Gasteiger partial charge in [0.25, 0.3) is 0 Å². The molecule has 5 aromatic rings. The third kappa shape index (κ3) is 6.50. The normalized spacial score (nSPS) is 10.6. The van der Waals surface area contributed by atoms with Crippen LogP contribution in [0.5, 0.6) is 0 Å². The lowest BCUT2D eigenvalue weighted by atomic mass is 10.1. The van der Waals surface area contributed by atoms with E-state index in [2.05, 4.69) is 25.6 Å². The average molecular weight is 578 g/mol. The molecule has 216 valence electrons. The van der Waals surface area contributed by atoms with Crippen molar-refractivity contribution >= 4 is 11.9 Å². The molecule has 0 unspecified atom stereocenters. The van der Waals surface area contributed by atoms with Gasteiger partial charge in [-0.1, -0.05) is 34.7 Å². The van der Waals surface area contributed by atoms with Crippen molar-refractivity contribution < 1.29 is 33.0 Å². The first kappa shape index (κ1) is 29.6. The minimum absolute atomic E-state index is 0.0290. The van der Waals surface area contributed by atoms with Crippen LogP contribution in [-0.2, 0) is 15.9 Å². The number of pyridine rings is 1. The fourth-order valence-corrected chi connectivity index (χ4v) is 3.89. The van der Waals surface area contributed by atoms with E-state index in [0.29, 0.717) is 23.6 Å². The monoisotopic (exact) mass is 577 g/mol. The number of nitrogens with zero attached hydrogens (tertiary/aromatic N) is 7. The number of benzene rings is 2. The zero-order valence-corrected chi connectivity index (χ0v) is 22.5. The minimum Gasteiger partial charge on any atom is -0.476 e. The Morgan fingerprint density at radius 3 is 2.00 bits per heavy atom. The summed E-state index contributed by atoms with van der Waals surface area (Å²) in [5.41, 5.74) is 1.49. The largest absolute Gasteiger partial charge is 0.476 e. The molecule has 14 heteroatoms. The third-order valence-corrected chi connectivity index (χ3v) is 5.76. The van der Waals surface area contributed by atoms with Gasteiger partial charge in [0, 0.05) is 31.5 Å². The summed E-state index contributed by atoms with van der Waals surface area (Å²) < 4.78 is 40.2. The molecule has 12 nitrogen and oxygen atoms in total. The predicted molar refractivity (Wildman–Crippen MR) is 144 cm³/mol. The van der Waals surface area contributed by atoms with E-state index >= 15 is 0 Å². The van der Waals surface area contributed by atoms with Gasteiger partial charge in [-0.25, -0.2) is 27.7 Å². The summed E-state index contributed by atoms with van der Waals surface area (Å²) in [5, 5.41) is 24.1. The highest BCUT2D eigenvalue weighted by Gasteiger charge is 2.24. The highest BCUT2D eigenvalue weighted by atomic mass is 19.1. The summed E-state index contributed by atoms with van der Waals surface area (Å²) in [6.07, 6.45) is 3.42. The molecular formula is C28H25F2N7O5. The van der Waals surface area contributed by atoms with Crippen LogP contribution >= 0.6 is 0 Å². The number of rotatable bonds is 9. The van der Waals surface area contributed by atoms with Gasteiger partial charge in [0.15, 0.2) is 11.4 Å². The van der Waals surface area contributed by atoms with Gasteiger partial charge in [-0.3, -0.25) is 4.98 Å². The molecule has 0 saturated carbocycles. The molecule has 42 heavy (non-hydrogen) atoms. The van der Waals surface area contributed by atoms with Crippen LogP contribution in [0.3, 0.4) is 0 Å². The van der Waals surface area contributed by atoms with Gasteiger partial charge in [-0.15, -0.1) is 10.2 Å². The van der Waals surface area contributed by atoms with E-state index in [1.54, 1.807) is 61.8 Å². The fraction of sp³-hybridized carbons (Fsp3) is 0.179. The number of hydrogen-bond donors (Lipinski definition) is 1. The lowest BCUT2D eigenvalue weighted by Crippen LogP contribution is -2.10. The van der Waals surface area contributed by atoms with Gasteiger partial charge in [0.1, 0.15) is 28.7 Å². The van der Waals surface area contributed by atoms with Crippen molar-refractivity contribution in [3.63, 3.8) is 0 Å². The number of hydrogen-bond acceptors (Lipinski definition) is 9. The smallest absolute Gasteiger partial charge is 0.361 e. The molecule has 0 aliphatic carbocycles. The highest BCUT2D eigenvalue weighted by Crippen LogP contribution is 2.26. The van der Waals surface area contributed by atoms with Gasteiger partial charge >= 0.3 is 11.9 Å². The van der Waals surface area contributed by atoms with Crippen LogP contribution in [0.2, 0.25) is 0 Å². The van der Waals surface area contributed by atoms with Crippen molar-refractivity contribution in [3.05, 3.63) is 102 Å². The topological polar surface area (TPSA) is 147 Å². The van der Waals surface area contributed by atoms with E-state index in [1.807, 2.05) is 0 Å². The molecular weight excluding hydrogens is 552 g/mol. The van der Waals surface area contributed by atoms with Crippen LogP contribution in [0.4, 0.5) is 8.78 Å². The van der Waals surface area contributed by atoms with Crippen molar-refractivity contribution in [1.82, 2.24) is 35.0 Å². The predicted octanol–water partition coefficient (Wildman–Crippen LogP) is 3.94. The SMILES string of the molecule is CCOC(=O)c1nnn(-c2ccccc2F)c1-c1ccncc1.COCCc1c(C(=O)O)nnn1-c1ccccc1F. The Kier molecular flexibility index (Phi) is 9.73. The summed E-state index contributed by atoms with van der Waals surface area (Å²) in [7, 11) is 1.50. The van der Waals surface area contributed by atoms with Gasteiger partial charge in [0.2, 0.25) is 0 Å². The lowest BCUT2D eigenvalue weighted by Gasteiger charge is -2.08. The van der Waals surface area contributed by atoms with Crippen molar-refractivity contribution in [2.24, 2.45) is 0 Å². The Labute approximate surface area is 238 Å². The maximum atomic E-state index is 14.1. The number of aromatic nitrogens is 7. The van der Waals surface area contributed by atoms with E-state index in [-0.39, 0.29) is 35.8 Å².